The van der Waals surface area contributed by atoms with Gasteiger partial charge in [-0.3, -0.25) is 4.79 Å². The summed E-state index contributed by atoms with van der Waals surface area (Å²) >= 11 is 1.08. The molecule has 2 aromatic rings. The molecular formula is C7H5N3O2S. The number of furan rings is 1. The fourth-order valence-corrected chi connectivity index (χ4v) is 1.56. The maximum absolute atomic E-state index is 10.9. The number of hydrogen-bond donors (Lipinski definition) is 1. The molecule has 6 heteroatoms. The van der Waals surface area contributed by atoms with Crippen LogP contribution in [-0.2, 0) is 0 Å². The zero-order valence-corrected chi connectivity index (χ0v) is 7.25. The molecule has 2 heterocycles. The van der Waals surface area contributed by atoms with Gasteiger partial charge in [0.2, 0.25) is 0 Å². The fraction of sp³-hybridized carbons (Fsp3) is 0. The molecule has 13 heavy (non-hydrogen) atoms. The van der Waals surface area contributed by atoms with Crippen molar-refractivity contribution in [1.29, 1.82) is 0 Å². The predicted octanol–water partition coefficient (Wildman–Crippen LogP) is 0.897. The van der Waals surface area contributed by atoms with Gasteiger partial charge in [-0.2, -0.15) is 0 Å². The fourth-order valence-electron chi connectivity index (χ4n) is 0.921. The molecule has 0 bridgehead atoms. The van der Waals surface area contributed by atoms with Crippen molar-refractivity contribution in [2.75, 3.05) is 0 Å². The highest BCUT2D eigenvalue weighted by atomic mass is 32.1. The Bertz CT molecular complexity index is 421. The van der Waals surface area contributed by atoms with Crippen molar-refractivity contribution in [3.63, 3.8) is 0 Å². The Balaban J connectivity index is 2.52. The van der Waals surface area contributed by atoms with Crippen LogP contribution in [0.25, 0.3) is 10.6 Å². The topological polar surface area (TPSA) is 82.0 Å². The predicted molar refractivity (Wildman–Crippen MR) is 46.1 cm³/mol. The lowest BCUT2D eigenvalue weighted by molar-refractivity contribution is 0.0996. The van der Waals surface area contributed by atoms with Gasteiger partial charge in [0.05, 0.1) is 6.26 Å². The van der Waals surface area contributed by atoms with Gasteiger partial charge in [0, 0.05) is 0 Å². The number of hydrogen-bond acceptors (Lipinski definition) is 5. The number of amides is 1. The Kier molecular flexibility index (Phi) is 1.82. The van der Waals surface area contributed by atoms with Crippen LogP contribution < -0.4 is 5.73 Å². The van der Waals surface area contributed by atoms with Crippen LogP contribution in [0.3, 0.4) is 0 Å². The molecule has 0 aliphatic carbocycles. The molecule has 1 amide bonds. The van der Waals surface area contributed by atoms with E-state index in [4.69, 9.17) is 10.2 Å². The molecule has 2 rings (SSSR count). The van der Waals surface area contributed by atoms with E-state index in [1.807, 2.05) is 0 Å². The highest BCUT2D eigenvalue weighted by Gasteiger charge is 2.16. The van der Waals surface area contributed by atoms with Crippen molar-refractivity contribution in [2.45, 2.75) is 0 Å². The summed E-state index contributed by atoms with van der Waals surface area (Å²) in [6.45, 7) is 0. The standard InChI is InChI=1S/C7H5N3O2S/c8-7(11)5-6(13-10-9-5)4-2-1-3-12-4/h1-3H,(H2,8,11). The average Bonchev–Trinajstić information content (AvgIpc) is 2.74. The van der Waals surface area contributed by atoms with Crippen molar-refractivity contribution in [2.24, 2.45) is 5.73 Å². The van der Waals surface area contributed by atoms with Crippen molar-refractivity contribution in [3.8, 4) is 10.6 Å². The summed E-state index contributed by atoms with van der Waals surface area (Å²) in [5.74, 6) is -0.0380. The van der Waals surface area contributed by atoms with Gasteiger partial charge in [-0.1, -0.05) is 4.49 Å². The monoisotopic (exact) mass is 195 g/mol. The number of carbonyl (C=O) groups is 1. The van der Waals surface area contributed by atoms with Crippen LogP contribution in [0.2, 0.25) is 0 Å². The van der Waals surface area contributed by atoms with Crippen LogP contribution in [0.5, 0.6) is 0 Å². The normalized spacial score (nSPS) is 10.2. The molecule has 5 nitrogen and oxygen atoms in total. The second-order valence-corrected chi connectivity index (χ2v) is 3.05. The molecule has 0 saturated carbocycles. The first kappa shape index (κ1) is 7.93. The minimum Gasteiger partial charge on any atom is -0.463 e. The molecular weight excluding hydrogens is 190 g/mol. The highest BCUT2D eigenvalue weighted by molar-refractivity contribution is 7.09. The number of nitrogens with two attached hydrogens (primary N) is 1. The molecule has 0 aliphatic heterocycles. The summed E-state index contributed by atoms with van der Waals surface area (Å²) in [6.07, 6.45) is 1.51. The Morgan fingerprint density at radius 1 is 1.62 bits per heavy atom. The Morgan fingerprint density at radius 2 is 2.46 bits per heavy atom. The van der Waals surface area contributed by atoms with Gasteiger partial charge in [0.15, 0.2) is 5.69 Å². The van der Waals surface area contributed by atoms with E-state index in [2.05, 4.69) is 9.59 Å². The second kappa shape index (κ2) is 2.98. The molecule has 0 atom stereocenters. The van der Waals surface area contributed by atoms with Gasteiger partial charge in [-0.25, -0.2) is 0 Å². The zero-order chi connectivity index (χ0) is 9.26. The molecule has 0 unspecified atom stereocenters. The summed E-state index contributed by atoms with van der Waals surface area (Å²) in [5, 5.41) is 3.61. The Morgan fingerprint density at radius 3 is 3.08 bits per heavy atom. The van der Waals surface area contributed by atoms with Gasteiger partial charge in [0.1, 0.15) is 10.6 Å². The molecule has 0 fully saturated rings. The highest BCUT2D eigenvalue weighted by Crippen LogP contribution is 2.25. The van der Waals surface area contributed by atoms with Crippen molar-refractivity contribution < 1.29 is 9.21 Å². The minimum atomic E-state index is -0.597. The molecule has 0 spiro atoms. The zero-order valence-electron chi connectivity index (χ0n) is 6.43. The van der Waals surface area contributed by atoms with Gasteiger partial charge in [-0.15, -0.1) is 5.10 Å². The van der Waals surface area contributed by atoms with Crippen molar-refractivity contribution in [3.05, 3.63) is 24.1 Å². The van der Waals surface area contributed by atoms with Crippen LogP contribution in [0.4, 0.5) is 0 Å². The molecule has 0 saturated heterocycles. The Labute approximate surface area is 77.3 Å². The Hall–Kier alpha value is -1.69. The van der Waals surface area contributed by atoms with Gasteiger partial charge in [-0.05, 0) is 23.7 Å². The lowest BCUT2D eigenvalue weighted by Crippen LogP contribution is -2.12. The van der Waals surface area contributed by atoms with Gasteiger partial charge < -0.3 is 10.2 Å². The SMILES string of the molecule is NC(=O)c1nnsc1-c1ccco1. The first-order valence-electron chi connectivity index (χ1n) is 3.45. The summed E-state index contributed by atoms with van der Waals surface area (Å²) in [4.78, 5) is 11.4. The van der Waals surface area contributed by atoms with E-state index >= 15 is 0 Å². The third-order valence-electron chi connectivity index (χ3n) is 1.47. The van der Waals surface area contributed by atoms with E-state index in [0.29, 0.717) is 10.6 Å². The van der Waals surface area contributed by atoms with Crippen molar-refractivity contribution in [1.82, 2.24) is 9.59 Å². The third-order valence-corrected chi connectivity index (χ3v) is 2.21. The van der Waals surface area contributed by atoms with Gasteiger partial charge >= 0.3 is 0 Å². The molecule has 2 N–H and O–H groups in total. The lowest BCUT2D eigenvalue weighted by atomic mass is 10.3. The summed E-state index contributed by atoms with van der Waals surface area (Å²) in [5.41, 5.74) is 5.24. The lowest BCUT2D eigenvalue weighted by Gasteiger charge is -1.90. The average molecular weight is 195 g/mol. The van der Waals surface area contributed by atoms with E-state index in [0.717, 1.165) is 11.5 Å². The quantitative estimate of drug-likeness (QED) is 0.771. The van der Waals surface area contributed by atoms with E-state index in [1.54, 1.807) is 12.1 Å². The maximum Gasteiger partial charge on any atom is 0.270 e. The first-order chi connectivity index (χ1) is 6.29. The van der Waals surface area contributed by atoms with Crippen molar-refractivity contribution >= 4 is 17.4 Å². The molecule has 0 aliphatic rings. The van der Waals surface area contributed by atoms with E-state index < -0.39 is 5.91 Å². The number of carbonyl (C=O) groups excluding carboxylic acids is 1. The third kappa shape index (κ3) is 1.31. The first-order valence-corrected chi connectivity index (χ1v) is 4.22. The summed E-state index contributed by atoms with van der Waals surface area (Å²) in [6, 6.07) is 3.45. The summed E-state index contributed by atoms with van der Waals surface area (Å²) in [7, 11) is 0. The van der Waals surface area contributed by atoms with E-state index in [-0.39, 0.29) is 5.69 Å². The molecule has 2 aromatic heterocycles. The smallest absolute Gasteiger partial charge is 0.270 e. The molecule has 66 valence electrons. The number of aromatic nitrogens is 2. The molecule has 0 radical (unpaired) electrons. The number of primary amides is 1. The van der Waals surface area contributed by atoms with Crippen LogP contribution in [-0.4, -0.2) is 15.5 Å². The minimum absolute atomic E-state index is 0.153. The second-order valence-electron chi connectivity index (χ2n) is 2.29. The number of nitrogens with zero attached hydrogens (tertiary/aromatic N) is 2. The van der Waals surface area contributed by atoms with E-state index in [9.17, 15) is 4.79 Å². The van der Waals surface area contributed by atoms with Crippen LogP contribution in [0, 0.1) is 0 Å². The van der Waals surface area contributed by atoms with E-state index in [1.165, 1.54) is 6.26 Å². The van der Waals surface area contributed by atoms with Crippen LogP contribution in [0.1, 0.15) is 10.5 Å². The van der Waals surface area contributed by atoms with Gasteiger partial charge in [0.25, 0.3) is 5.91 Å². The maximum atomic E-state index is 10.9. The van der Waals surface area contributed by atoms with Crippen LogP contribution in [0.15, 0.2) is 22.8 Å². The van der Waals surface area contributed by atoms with Crippen LogP contribution >= 0.6 is 11.5 Å². The molecule has 0 aromatic carbocycles. The summed E-state index contributed by atoms with van der Waals surface area (Å²) < 4.78 is 8.72. The number of rotatable bonds is 2. The largest absolute Gasteiger partial charge is 0.463 e.